The second-order valence-electron chi connectivity index (χ2n) is 7.47. The molecule has 4 aromatic rings. The van der Waals surface area contributed by atoms with Gasteiger partial charge in [0.25, 0.3) is 0 Å². The van der Waals surface area contributed by atoms with Crippen molar-refractivity contribution in [2.24, 2.45) is 0 Å². The lowest BCUT2D eigenvalue weighted by Gasteiger charge is -2.25. The first-order chi connectivity index (χ1) is 15.3. The van der Waals surface area contributed by atoms with Crippen LogP contribution in [0.4, 0.5) is 0 Å². The van der Waals surface area contributed by atoms with E-state index in [0.717, 1.165) is 40.9 Å². The summed E-state index contributed by atoms with van der Waals surface area (Å²) in [4.78, 5) is 4.53. The zero-order valence-corrected chi connectivity index (χ0v) is 18.0. The summed E-state index contributed by atoms with van der Waals surface area (Å²) in [6.45, 7) is 0. The zero-order valence-electron chi connectivity index (χ0n) is 17.2. The fraction of sp³-hybridized carbons (Fsp3) is 0.364. The van der Waals surface area contributed by atoms with Crippen molar-refractivity contribution >= 4 is 11.8 Å². The summed E-state index contributed by atoms with van der Waals surface area (Å²) in [6.07, 6.45) is 7.65. The van der Waals surface area contributed by atoms with Crippen LogP contribution in [0.1, 0.15) is 44.0 Å². The number of thioether (sulfide) groups is 1. The number of nitrogens with zero attached hydrogens (tertiary/aromatic N) is 5. The first-order valence-electron chi connectivity index (χ1n) is 10.4. The van der Waals surface area contributed by atoms with Gasteiger partial charge in [-0.25, -0.2) is 0 Å². The van der Waals surface area contributed by atoms with Crippen molar-refractivity contribution in [1.29, 1.82) is 0 Å². The number of ether oxygens (including phenoxy) is 1. The molecule has 0 aliphatic heterocycles. The molecule has 0 bridgehead atoms. The fourth-order valence-corrected chi connectivity index (χ4v) is 4.76. The highest BCUT2D eigenvalue weighted by Gasteiger charge is 2.25. The topological polar surface area (TPSA) is 92.0 Å². The number of furan rings is 1. The molecule has 5 rings (SSSR count). The standard InChI is InChI=1S/C22H23N5O3S/c1-28-17-11-9-15(10-12-17)20-23-19(30-26-20)14-31-22-25-24-21(18-8-5-13-29-18)27(22)16-6-3-2-4-7-16/h5,8-13,16H,2-4,6-7,14H2,1H3. The quantitative estimate of drug-likeness (QED) is 0.355. The molecule has 1 saturated carbocycles. The summed E-state index contributed by atoms with van der Waals surface area (Å²) in [7, 11) is 1.64. The predicted molar refractivity (Wildman–Crippen MR) is 116 cm³/mol. The van der Waals surface area contributed by atoms with Gasteiger partial charge in [-0.3, -0.25) is 4.57 Å². The van der Waals surface area contributed by atoms with Crippen LogP contribution in [0.5, 0.6) is 5.75 Å². The molecule has 160 valence electrons. The van der Waals surface area contributed by atoms with Crippen LogP contribution in [0.2, 0.25) is 0 Å². The van der Waals surface area contributed by atoms with Crippen LogP contribution >= 0.6 is 11.8 Å². The Kier molecular flexibility index (Phi) is 5.75. The molecule has 0 atom stereocenters. The van der Waals surface area contributed by atoms with E-state index in [1.54, 1.807) is 25.1 Å². The zero-order chi connectivity index (χ0) is 21.0. The van der Waals surface area contributed by atoms with Gasteiger partial charge in [-0.05, 0) is 49.2 Å². The molecule has 9 heteroatoms. The van der Waals surface area contributed by atoms with Crippen LogP contribution in [0, 0.1) is 0 Å². The highest BCUT2D eigenvalue weighted by atomic mass is 32.2. The van der Waals surface area contributed by atoms with E-state index in [4.69, 9.17) is 13.7 Å². The summed E-state index contributed by atoms with van der Waals surface area (Å²) < 4.78 is 18.5. The first-order valence-corrected chi connectivity index (χ1v) is 11.4. The molecule has 0 spiro atoms. The molecule has 0 N–H and O–H groups in total. The summed E-state index contributed by atoms with van der Waals surface area (Å²) in [5.74, 6) is 3.94. The molecular formula is C22H23N5O3S. The molecule has 0 amide bonds. The minimum absolute atomic E-state index is 0.379. The van der Waals surface area contributed by atoms with Gasteiger partial charge in [0.15, 0.2) is 10.9 Å². The third-order valence-corrected chi connectivity index (χ3v) is 6.41. The third kappa shape index (κ3) is 4.23. The number of benzene rings is 1. The average molecular weight is 438 g/mol. The molecule has 1 aliphatic rings. The lowest BCUT2D eigenvalue weighted by atomic mass is 9.95. The average Bonchev–Trinajstić information content (AvgIpc) is 3.59. The van der Waals surface area contributed by atoms with E-state index in [1.807, 2.05) is 36.4 Å². The molecule has 0 radical (unpaired) electrons. The molecule has 31 heavy (non-hydrogen) atoms. The number of hydrogen-bond donors (Lipinski definition) is 0. The fourth-order valence-electron chi connectivity index (χ4n) is 3.91. The summed E-state index contributed by atoms with van der Waals surface area (Å²) in [5, 5.41) is 13.9. The van der Waals surface area contributed by atoms with E-state index in [1.165, 1.54) is 19.3 Å². The van der Waals surface area contributed by atoms with Gasteiger partial charge in [0, 0.05) is 11.6 Å². The monoisotopic (exact) mass is 437 g/mol. The number of aromatic nitrogens is 5. The molecule has 0 saturated heterocycles. The van der Waals surface area contributed by atoms with Crippen molar-refractivity contribution in [2.45, 2.75) is 49.1 Å². The predicted octanol–water partition coefficient (Wildman–Crippen LogP) is 5.39. The lowest BCUT2D eigenvalue weighted by Crippen LogP contribution is -2.15. The Morgan fingerprint density at radius 2 is 1.94 bits per heavy atom. The Balaban J connectivity index is 1.35. The van der Waals surface area contributed by atoms with E-state index < -0.39 is 0 Å². The Bertz CT molecular complexity index is 1110. The van der Waals surface area contributed by atoms with Gasteiger partial charge < -0.3 is 13.7 Å². The van der Waals surface area contributed by atoms with Crippen molar-refractivity contribution < 1.29 is 13.7 Å². The van der Waals surface area contributed by atoms with Crippen LogP contribution in [-0.4, -0.2) is 32.0 Å². The van der Waals surface area contributed by atoms with Crippen LogP contribution in [0.25, 0.3) is 23.0 Å². The lowest BCUT2D eigenvalue weighted by molar-refractivity contribution is 0.337. The van der Waals surface area contributed by atoms with Gasteiger partial charge in [0.1, 0.15) is 5.75 Å². The number of hydrogen-bond acceptors (Lipinski definition) is 8. The summed E-state index contributed by atoms with van der Waals surface area (Å²) >= 11 is 1.56. The van der Waals surface area contributed by atoms with Crippen molar-refractivity contribution in [1.82, 2.24) is 24.9 Å². The maximum atomic E-state index is 5.61. The van der Waals surface area contributed by atoms with Crippen molar-refractivity contribution in [2.75, 3.05) is 7.11 Å². The molecule has 1 fully saturated rings. The molecular weight excluding hydrogens is 414 g/mol. The number of rotatable bonds is 7. The van der Waals surface area contributed by atoms with E-state index in [-0.39, 0.29) is 0 Å². The van der Waals surface area contributed by atoms with Crippen LogP contribution in [-0.2, 0) is 5.75 Å². The maximum Gasteiger partial charge on any atom is 0.237 e. The van der Waals surface area contributed by atoms with Crippen molar-refractivity contribution in [3.05, 3.63) is 48.6 Å². The van der Waals surface area contributed by atoms with E-state index >= 15 is 0 Å². The van der Waals surface area contributed by atoms with Gasteiger partial charge in [0.05, 0.1) is 19.1 Å². The van der Waals surface area contributed by atoms with Crippen molar-refractivity contribution in [3.63, 3.8) is 0 Å². The molecule has 3 aromatic heterocycles. The minimum Gasteiger partial charge on any atom is -0.497 e. The smallest absolute Gasteiger partial charge is 0.237 e. The first kappa shape index (κ1) is 19.9. The van der Waals surface area contributed by atoms with Crippen molar-refractivity contribution in [3.8, 4) is 28.7 Å². The Morgan fingerprint density at radius 3 is 2.68 bits per heavy atom. The molecule has 0 unspecified atom stereocenters. The Labute approximate surface area is 184 Å². The third-order valence-electron chi connectivity index (χ3n) is 5.49. The Hall–Kier alpha value is -3.07. The summed E-state index contributed by atoms with van der Waals surface area (Å²) in [6, 6.07) is 11.8. The normalized spacial score (nSPS) is 14.7. The highest BCUT2D eigenvalue weighted by molar-refractivity contribution is 7.98. The SMILES string of the molecule is COc1ccc(-c2noc(CSc3nnc(-c4ccco4)n3C3CCCCC3)n2)cc1. The highest BCUT2D eigenvalue weighted by Crippen LogP contribution is 2.36. The van der Waals surface area contributed by atoms with E-state index in [2.05, 4.69) is 24.9 Å². The number of methoxy groups -OCH3 is 1. The van der Waals surface area contributed by atoms with Gasteiger partial charge in [-0.2, -0.15) is 4.98 Å². The summed E-state index contributed by atoms with van der Waals surface area (Å²) in [5.41, 5.74) is 0.881. The molecule has 1 aromatic carbocycles. The van der Waals surface area contributed by atoms with Gasteiger partial charge in [0.2, 0.25) is 17.5 Å². The Morgan fingerprint density at radius 1 is 1.10 bits per heavy atom. The van der Waals surface area contributed by atoms with Crippen LogP contribution < -0.4 is 4.74 Å². The largest absolute Gasteiger partial charge is 0.497 e. The molecule has 8 nitrogen and oxygen atoms in total. The van der Waals surface area contributed by atoms with Crippen LogP contribution in [0.3, 0.4) is 0 Å². The van der Waals surface area contributed by atoms with Gasteiger partial charge in [-0.15, -0.1) is 10.2 Å². The second-order valence-corrected chi connectivity index (χ2v) is 8.42. The second kappa shape index (κ2) is 8.97. The van der Waals surface area contributed by atoms with Gasteiger partial charge in [-0.1, -0.05) is 36.2 Å². The maximum absolute atomic E-state index is 5.61. The van der Waals surface area contributed by atoms with E-state index in [9.17, 15) is 0 Å². The molecule has 3 heterocycles. The van der Waals surface area contributed by atoms with E-state index in [0.29, 0.717) is 23.5 Å². The molecule has 1 aliphatic carbocycles. The minimum atomic E-state index is 0.379. The van der Waals surface area contributed by atoms with Gasteiger partial charge >= 0.3 is 0 Å². The van der Waals surface area contributed by atoms with Crippen LogP contribution in [0.15, 0.2) is 56.8 Å².